The Morgan fingerprint density at radius 1 is 1.46 bits per heavy atom. The molecule has 0 saturated heterocycles. The van der Waals surface area contributed by atoms with Gasteiger partial charge < -0.3 is 5.73 Å². The van der Waals surface area contributed by atoms with E-state index in [-0.39, 0.29) is 4.99 Å². The molecule has 0 fully saturated rings. The normalized spacial score (nSPS) is 12.8. The fourth-order valence-electron chi connectivity index (χ4n) is 1.07. The molecule has 0 unspecified atom stereocenters. The number of rotatable bonds is 5. The molecule has 7 heteroatoms. The number of hydrogen-bond donors (Lipinski definition) is 3. The van der Waals surface area contributed by atoms with Crippen LogP contribution in [0.1, 0.15) is 26.7 Å². The molecule has 0 spiro atoms. The first-order valence-corrected chi connectivity index (χ1v) is 5.84. The lowest BCUT2D eigenvalue weighted by molar-refractivity contribution is 0.466. The van der Waals surface area contributed by atoms with Crippen LogP contribution in [0.15, 0.2) is 0 Å². The average molecular weight is 225 g/mol. The van der Waals surface area contributed by atoms with Crippen molar-refractivity contribution >= 4 is 27.4 Å². The summed E-state index contributed by atoms with van der Waals surface area (Å²) in [5.41, 5.74) is 4.56. The highest BCUT2D eigenvalue weighted by molar-refractivity contribution is 7.87. The van der Waals surface area contributed by atoms with Gasteiger partial charge in [-0.25, -0.2) is 5.14 Å². The van der Waals surface area contributed by atoms with Crippen LogP contribution in [0.2, 0.25) is 0 Å². The minimum absolute atomic E-state index is 0.117. The maximum absolute atomic E-state index is 10.8. The van der Waals surface area contributed by atoms with Crippen molar-refractivity contribution < 1.29 is 8.42 Å². The van der Waals surface area contributed by atoms with Gasteiger partial charge in [0.1, 0.15) is 0 Å². The van der Waals surface area contributed by atoms with E-state index in [1.165, 1.54) is 0 Å². The number of nitrogens with one attached hydrogen (secondary N) is 1. The summed E-state index contributed by atoms with van der Waals surface area (Å²) in [6, 6.07) is 0. The summed E-state index contributed by atoms with van der Waals surface area (Å²) in [6.45, 7) is 3.58. The molecule has 0 rings (SSSR count). The molecule has 78 valence electrons. The first-order valence-electron chi connectivity index (χ1n) is 3.89. The summed E-state index contributed by atoms with van der Waals surface area (Å²) in [4.78, 5) is 0.117. The zero-order valence-corrected chi connectivity index (χ0v) is 9.33. The third-order valence-corrected chi connectivity index (χ3v) is 3.08. The molecule has 0 aliphatic rings. The average Bonchev–Trinajstić information content (AvgIpc) is 1.98. The third kappa shape index (κ3) is 3.55. The molecule has 0 radical (unpaired) electrons. The van der Waals surface area contributed by atoms with Crippen molar-refractivity contribution in [1.29, 1.82) is 0 Å². The molecule has 0 heterocycles. The summed E-state index contributed by atoms with van der Waals surface area (Å²) >= 11 is 4.79. The standard InChI is InChI=1S/C6H15N3O2S2/c1-3-6(4-2,5(7)12)9-13(8,10)11/h9H,3-4H2,1-2H3,(H2,7,12)(H2,8,10,11). The fraction of sp³-hybridized carbons (Fsp3) is 0.833. The molecule has 0 bridgehead atoms. The van der Waals surface area contributed by atoms with E-state index in [1.54, 1.807) is 13.8 Å². The van der Waals surface area contributed by atoms with Crippen molar-refractivity contribution in [3.63, 3.8) is 0 Å². The van der Waals surface area contributed by atoms with Gasteiger partial charge >= 0.3 is 0 Å². The monoisotopic (exact) mass is 225 g/mol. The molecule has 0 amide bonds. The number of thiocarbonyl (C=S) groups is 1. The molecule has 0 aromatic carbocycles. The van der Waals surface area contributed by atoms with Gasteiger partial charge in [-0.1, -0.05) is 26.1 Å². The summed E-state index contributed by atoms with van der Waals surface area (Å²) in [7, 11) is -3.77. The minimum atomic E-state index is -3.77. The molecule has 5 nitrogen and oxygen atoms in total. The molecule has 0 aliphatic carbocycles. The molecule has 0 aromatic rings. The Balaban J connectivity index is 4.90. The summed E-state index contributed by atoms with van der Waals surface area (Å²) in [5, 5.41) is 4.86. The van der Waals surface area contributed by atoms with Gasteiger partial charge in [0.25, 0.3) is 10.2 Å². The number of nitrogens with two attached hydrogens (primary N) is 2. The lowest BCUT2D eigenvalue weighted by Gasteiger charge is -2.30. The second-order valence-electron chi connectivity index (χ2n) is 2.80. The van der Waals surface area contributed by atoms with Crippen LogP contribution in [0.25, 0.3) is 0 Å². The van der Waals surface area contributed by atoms with Crippen molar-refractivity contribution in [3.8, 4) is 0 Å². The van der Waals surface area contributed by atoms with E-state index in [0.29, 0.717) is 12.8 Å². The van der Waals surface area contributed by atoms with E-state index >= 15 is 0 Å². The van der Waals surface area contributed by atoms with Crippen molar-refractivity contribution in [2.45, 2.75) is 32.2 Å². The summed E-state index contributed by atoms with van der Waals surface area (Å²) in [6.07, 6.45) is 0.963. The zero-order chi connectivity index (χ0) is 10.7. The molecular weight excluding hydrogens is 210 g/mol. The van der Waals surface area contributed by atoms with Crippen LogP contribution in [0.4, 0.5) is 0 Å². The third-order valence-electron chi connectivity index (χ3n) is 2.02. The van der Waals surface area contributed by atoms with Crippen molar-refractivity contribution in [2.24, 2.45) is 10.9 Å². The minimum Gasteiger partial charge on any atom is -0.392 e. The first-order chi connectivity index (χ1) is 5.77. The van der Waals surface area contributed by atoms with Crippen molar-refractivity contribution in [3.05, 3.63) is 0 Å². The Labute approximate surface area is 84.0 Å². The van der Waals surface area contributed by atoms with E-state index in [4.69, 9.17) is 23.1 Å². The van der Waals surface area contributed by atoms with E-state index < -0.39 is 15.7 Å². The number of hydrogen-bond acceptors (Lipinski definition) is 3. The van der Waals surface area contributed by atoms with Gasteiger partial charge in [0.15, 0.2) is 0 Å². The van der Waals surface area contributed by atoms with Crippen LogP contribution in [-0.4, -0.2) is 18.9 Å². The van der Waals surface area contributed by atoms with Crippen LogP contribution >= 0.6 is 12.2 Å². The van der Waals surface area contributed by atoms with Crippen molar-refractivity contribution in [2.75, 3.05) is 0 Å². The van der Waals surface area contributed by atoms with Gasteiger partial charge in [0.05, 0.1) is 10.5 Å². The van der Waals surface area contributed by atoms with Gasteiger partial charge in [-0.3, -0.25) is 0 Å². The second-order valence-corrected chi connectivity index (χ2v) is 4.53. The van der Waals surface area contributed by atoms with Crippen LogP contribution in [0, 0.1) is 0 Å². The van der Waals surface area contributed by atoms with E-state index in [2.05, 4.69) is 4.72 Å². The molecule has 0 saturated carbocycles. The SMILES string of the molecule is CCC(CC)(NS(N)(=O)=O)C(N)=S. The Morgan fingerprint density at radius 2 is 1.85 bits per heavy atom. The lowest BCUT2D eigenvalue weighted by atomic mass is 9.94. The fourth-order valence-corrected chi connectivity index (χ4v) is 2.41. The van der Waals surface area contributed by atoms with E-state index in [1.807, 2.05) is 0 Å². The Kier molecular flexibility index (Phi) is 4.24. The van der Waals surface area contributed by atoms with Gasteiger partial charge in [-0.15, -0.1) is 0 Å². The first kappa shape index (κ1) is 12.8. The predicted octanol–water partition coefficient (Wildman–Crippen LogP) is -0.376. The topological polar surface area (TPSA) is 98.2 Å². The van der Waals surface area contributed by atoms with Gasteiger partial charge in [0.2, 0.25) is 0 Å². The van der Waals surface area contributed by atoms with E-state index in [0.717, 1.165) is 0 Å². The maximum atomic E-state index is 10.8. The van der Waals surface area contributed by atoms with Gasteiger partial charge in [-0.05, 0) is 12.8 Å². The zero-order valence-electron chi connectivity index (χ0n) is 7.70. The van der Waals surface area contributed by atoms with Crippen LogP contribution in [0.5, 0.6) is 0 Å². The smallest absolute Gasteiger partial charge is 0.275 e. The van der Waals surface area contributed by atoms with Crippen LogP contribution in [-0.2, 0) is 10.2 Å². The Hall–Kier alpha value is -0.240. The summed E-state index contributed by atoms with van der Waals surface area (Å²) in [5.74, 6) is 0. The Bertz CT molecular complexity index is 282. The highest BCUT2D eigenvalue weighted by Gasteiger charge is 2.32. The lowest BCUT2D eigenvalue weighted by Crippen LogP contribution is -2.57. The molecule has 0 aliphatic heterocycles. The van der Waals surface area contributed by atoms with Crippen LogP contribution in [0.3, 0.4) is 0 Å². The molecule has 5 N–H and O–H groups in total. The largest absolute Gasteiger partial charge is 0.392 e. The van der Waals surface area contributed by atoms with Gasteiger partial charge in [0, 0.05) is 0 Å². The molecule has 13 heavy (non-hydrogen) atoms. The Morgan fingerprint density at radius 3 is 1.92 bits per heavy atom. The van der Waals surface area contributed by atoms with Crippen molar-refractivity contribution in [1.82, 2.24) is 4.72 Å². The molecule has 0 atom stereocenters. The highest BCUT2D eigenvalue weighted by atomic mass is 32.2. The molecule has 0 aromatic heterocycles. The van der Waals surface area contributed by atoms with Crippen LogP contribution < -0.4 is 15.6 Å². The predicted molar refractivity (Wildman–Crippen MR) is 56.3 cm³/mol. The summed E-state index contributed by atoms with van der Waals surface area (Å²) < 4.78 is 23.9. The maximum Gasteiger partial charge on any atom is 0.275 e. The second kappa shape index (κ2) is 4.32. The highest BCUT2D eigenvalue weighted by Crippen LogP contribution is 2.15. The quantitative estimate of drug-likeness (QED) is 0.556. The van der Waals surface area contributed by atoms with Gasteiger partial charge in [-0.2, -0.15) is 13.1 Å². The molecular formula is C6H15N3O2S2. The van der Waals surface area contributed by atoms with E-state index in [9.17, 15) is 8.42 Å².